The van der Waals surface area contributed by atoms with E-state index in [-0.39, 0.29) is 0 Å². The number of aromatic nitrogens is 2. The fourth-order valence-electron chi connectivity index (χ4n) is 1.98. The molecule has 0 aliphatic carbocycles. The lowest BCUT2D eigenvalue weighted by molar-refractivity contribution is 0.0635. The van der Waals surface area contributed by atoms with E-state index < -0.39 is 11.7 Å². The van der Waals surface area contributed by atoms with Gasteiger partial charge in [-0.15, -0.1) is 0 Å². The fraction of sp³-hybridized carbons (Fsp3) is 0.353. The van der Waals surface area contributed by atoms with Crippen LogP contribution in [-0.2, 0) is 4.74 Å². The van der Waals surface area contributed by atoms with Crippen molar-refractivity contribution in [2.75, 3.05) is 12.4 Å². The van der Waals surface area contributed by atoms with Crippen molar-refractivity contribution in [2.45, 2.75) is 33.3 Å². The van der Waals surface area contributed by atoms with Crippen LogP contribution in [0.25, 0.3) is 11.4 Å². The number of nitrogens with zero attached hydrogens (tertiary/aromatic N) is 2. The van der Waals surface area contributed by atoms with Gasteiger partial charge in [-0.3, -0.25) is 5.32 Å². The highest BCUT2D eigenvalue weighted by molar-refractivity contribution is 5.89. The zero-order valence-electron chi connectivity index (χ0n) is 14.0. The van der Waals surface area contributed by atoms with Crippen LogP contribution in [0.2, 0.25) is 0 Å². The summed E-state index contributed by atoms with van der Waals surface area (Å²) in [5, 5.41) is 2.70. The summed E-state index contributed by atoms with van der Waals surface area (Å²) >= 11 is 0. The highest BCUT2D eigenvalue weighted by Gasteiger charge is 2.19. The first kappa shape index (κ1) is 16.7. The summed E-state index contributed by atoms with van der Waals surface area (Å²) in [5.41, 5.74) is 1.59. The molecule has 0 saturated carbocycles. The van der Waals surface area contributed by atoms with E-state index in [2.05, 4.69) is 15.3 Å². The number of amides is 1. The van der Waals surface area contributed by atoms with Gasteiger partial charge < -0.3 is 9.47 Å². The van der Waals surface area contributed by atoms with Crippen molar-refractivity contribution >= 4 is 11.8 Å². The molecular weight excluding hydrogens is 294 g/mol. The number of hydrogen-bond acceptors (Lipinski definition) is 5. The van der Waals surface area contributed by atoms with Crippen LogP contribution in [0.4, 0.5) is 10.5 Å². The number of methoxy groups -OCH3 is 1. The third-order valence-corrected chi connectivity index (χ3v) is 2.88. The Bertz CT molecular complexity index is 691. The second-order valence-corrected chi connectivity index (χ2v) is 6.10. The van der Waals surface area contributed by atoms with Crippen molar-refractivity contribution < 1.29 is 14.3 Å². The Labute approximate surface area is 135 Å². The molecule has 0 aliphatic rings. The van der Waals surface area contributed by atoms with Crippen molar-refractivity contribution in [3.63, 3.8) is 0 Å². The zero-order chi connectivity index (χ0) is 17.0. The number of nitrogens with one attached hydrogen (secondary N) is 1. The molecule has 1 N–H and O–H groups in total. The standard InChI is InChI=1S/C17H21N3O3/c1-11-9-18-15(19-10-11)12-7-6-8-13(14(12)22-5)20-16(21)23-17(2,3)4/h6-10H,1-5H3,(H,20,21). The molecule has 1 aromatic heterocycles. The Morgan fingerprint density at radius 2 is 1.83 bits per heavy atom. The van der Waals surface area contributed by atoms with E-state index in [1.165, 1.54) is 7.11 Å². The molecule has 6 nitrogen and oxygen atoms in total. The molecule has 6 heteroatoms. The lowest BCUT2D eigenvalue weighted by Crippen LogP contribution is -2.27. The molecule has 2 aromatic rings. The maximum Gasteiger partial charge on any atom is 0.412 e. The van der Waals surface area contributed by atoms with Crippen molar-refractivity contribution in [1.82, 2.24) is 9.97 Å². The Kier molecular flexibility index (Phi) is 4.83. The zero-order valence-corrected chi connectivity index (χ0v) is 14.0. The molecule has 23 heavy (non-hydrogen) atoms. The summed E-state index contributed by atoms with van der Waals surface area (Å²) < 4.78 is 10.7. The number of ether oxygens (including phenoxy) is 2. The van der Waals surface area contributed by atoms with E-state index >= 15 is 0 Å². The number of benzene rings is 1. The third kappa shape index (κ3) is 4.42. The van der Waals surface area contributed by atoms with E-state index in [9.17, 15) is 4.79 Å². The maximum absolute atomic E-state index is 12.0. The molecule has 1 aromatic carbocycles. The van der Waals surface area contributed by atoms with Crippen LogP contribution < -0.4 is 10.1 Å². The van der Waals surface area contributed by atoms with Crippen LogP contribution in [0.1, 0.15) is 26.3 Å². The maximum atomic E-state index is 12.0. The summed E-state index contributed by atoms with van der Waals surface area (Å²) in [6.07, 6.45) is 2.92. The predicted octanol–water partition coefficient (Wildman–Crippen LogP) is 3.81. The number of anilines is 1. The number of rotatable bonds is 3. The van der Waals surface area contributed by atoms with Crippen molar-refractivity contribution in [2.24, 2.45) is 0 Å². The number of aryl methyl sites for hydroxylation is 1. The summed E-state index contributed by atoms with van der Waals surface area (Å²) in [4.78, 5) is 20.6. The van der Waals surface area contributed by atoms with E-state index in [4.69, 9.17) is 9.47 Å². The minimum absolute atomic E-state index is 0.488. The minimum atomic E-state index is -0.574. The SMILES string of the molecule is COc1c(NC(=O)OC(C)(C)C)cccc1-c1ncc(C)cn1. The Balaban J connectivity index is 2.33. The summed E-state index contributed by atoms with van der Waals surface area (Å²) in [6, 6.07) is 5.37. The van der Waals surface area contributed by atoms with Gasteiger partial charge in [-0.25, -0.2) is 14.8 Å². The summed E-state index contributed by atoms with van der Waals surface area (Å²) in [6.45, 7) is 7.34. The smallest absolute Gasteiger partial charge is 0.412 e. The molecule has 1 amide bonds. The van der Waals surface area contributed by atoms with Gasteiger partial charge in [0.1, 0.15) is 5.60 Å². The second kappa shape index (κ2) is 6.64. The highest BCUT2D eigenvalue weighted by atomic mass is 16.6. The fourth-order valence-corrected chi connectivity index (χ4v) is 1.98. The van der Waals surface area contributed by atoms with Crippen LogP contribution in [0.5, 0.6) is 5.75 Å². The molecule has 0 fully saturated rings. The molecule has 0 saturated heterocycles. The molecule has 0 unspecified atom stereocenters. The van der Waals surface area contributed by atoms with Gasteiger partial charge in [0.15, 0.2) is 11.6 Å². The molecule has 0 atom stereocenters. The van der Waals surface area contributed by atoms with E-state index in [0.29, 0.717) is 22.8 Å². The quantitative estimate of drug-likeness (QED) is 0.932. The Hall–Kier alpha value is -2.63. The third-order valence-electron chi connectivity index (χ3n) is 2.88. The van der Waals surface area contributed by atoms with Gasteiger partial charge in [0.25, 0.3) is 0 Å². The molecule has 1 heterocycles. The van der Waals surface area contributed by atoms with Gasteiger partial charge >= 0.3 is 6.09 Å². The lowest BCUT2D eigenvalue weighted by atomic mass is 10.1. The van der Waals surface area contributed by atoms with Crippen molar-refractivity contribution in [3.8, 4) is 17.1 Å². The van der Waals surface area contributed by atoms with Gasteiger partial charge in [0.05, 0.1) is 18.4 Å². The molecule has 0 radical (unpaired) electrons. The first-order chi connectivity index (χ1) is 10.8. The van der Waals surface area contributed by atoms with E-state index in [1.54, 1.807) is 45.3 Å². The molecular formula is C17H21N3O3. The molecule has 2 rings (SSSR count). The lowest BCUT2D eigenvalue weighted by Gasteiger charge is -2.20. The highest BCUT2D eigenvalue weighted by Crippen LogP contribution is 2.34. The van der Waals surface area contributed by atoms with Crippen LogP contribution in [0.15, 0.2) is 30.6 Å². The van der Waals surface area contributed by atoms with Gasteiger partial charge in [0.2, 0.25) is 0 Å². The second-order valence-electron chi connectivity index (χ2n) is 6.10. The summed E-state index contributed by atoms with van der Waals surface area (Å²) in [7, 11) is 1.54. The number of para-hydroxylation sites is 1. The van der Waals surface area contributed by atoms with Crippen molar-refractivity contribution in [3.05, 3.63) is 36.2 Å². The van der Waals surface area contributed by atoms with Crippen LogP contribution in [0, 0.1) is 6.92 Å². The average molecular weight is 315 g/mol. The number of hydrogen-bond donors (Lipinski definition) is 1. The van der Waals surface area contributed by atoms with Crippen LogP contribution in [0.3, 0.4) is 0 Å². The van der Waals surface area contributed by atoms with Gasteiger partial charge in [-0.2, -0.15) is 0 Å². The monoisotopic (exact) mass is 315 g/mol. The van der Waals surface area contributed by atoms with E-state index in [1.807, 2.05) is 13.0 Å². The molecule has 122 valence electrons. The largest absolute Gasteiger partial charge is 0.494 e. The minimum Gasteiger partial charge on any atom is -0.494 e. The molecule has 0 aliphatic heterocycles. The van der Waals surface area contributed by atoms with Crippen LogP contribution in [-0.4, -0.2) is 28.8 Å². The normalized spacial score (nSPS) is 11.0. The predicted molar refractivity (Wildman–Crippen MR) is 88.6 cm³/mol. The Morgan fingerprint density at radius 3 is 2.39 bits per heavy atom. The topological polar surface area (TPSA) is 73.3 Å². The van der Waals surface area contributed by atoms with Gasteiger partial charge in [-0.1, -0.05) is 6.07 Å². The van der Waals surface area contributed by atoms with Gasteiger partial charge in [-0.05, 0) is 45.4 Å². The van der Waals surface area contributed by atoms with Crippen LogP contribution >= 0.6 is 0 Å². The number of carbonyl (C=O) groups is 1. The summed E-state index contributed by atoms with van der Waals surface area (Å²) in [5.74, 6) is 1.02. The van der Waals surface area contributed by atoms with Crippen molar-refractivity contribution in [1.29, 1.82) is 0 Å². The number of carbonyl (C=O) groups excluding carboxylic acids is 1. The Morgan fingerprint density at radius 1 is 1.17 bits per heavy atom. The van der Waals surface area contributed by atoms with Gasteiger partial charge in [0, 0.05) is 12.4 Å². The van der Waals surface area contributed by atoms with E-state index in [0.717, 1.165) is 5.56 Å². The average Bonchev–Trinajstić information content (AvgIpc) is 2.46. The molecule has 0 spiro atoms. The first-order valence-corrected chi connectivity index (χ1v) is 7.26. The molecule has 0 bridgehead atoms. The first-order valence-electron chi connectivity index (χ1n) is 7.26.